The molecule has 2 N–H and O–H groups in total. The highest BCUT2D eigenvalue weighted by atomic mass is 79.9. The lowest BCUT2D eigenvalue weighted by atomic mass is 10.3. The topological polar surface area (TPSA) is 71.8 Å². The van der Waals surface area contributed by atoms with Crippen LogP contribution in [0.1, 0.15) is 24.4 Å². The van der Waals surface area contributed by atoms with Crippen LogP contribution in [-0.2, 0) is 13.6 Å². The quantitative estimate of drug-likeness (QED) is 0.893. The number of rotatable bonds is 4. The van der Waals surface area contributed by atoms with Crippen molar-refractivity contribution >= 4 is 33.3 Å². The number of carbonyl (C=O) groups is 1. The molecule has 2 aromatic rings. The lowest BCUT2D eigenvalue weighted by Crippen LogP contribution is -2.37. The molecule has 102 valence electrons. The van der Waals surface area contributed by atoms with Gasteiger partial charge in [-0.1, -0.05) is 0 Å². The van der Waals surface area contributed by atoms with Gasteiger partial charge in [0.05, 0.1) is 9.83 Å². The van der Waals surface area contributed by atoms with Crippen LogP contribution in [0.5, 0.6) is 0 Å². The Kier molecular flexibility index (Phi) is 4.54. The van der Waals surface area contributed by atoms with Crippen LogP contribution in [0, 0.1) is 0 Å². The molecule has 0 aromatic carbocycles. The van der Waals surface area contributed by atoms with Gasteiger partial charge in [0.25, 0.3) is 0 Å². The lowest BCUT2D eigenvalue weighted by Gasteiger charge is -2.13. The van der Waals surface area contributed by atoms with Gasteiger partial charge in [-0.05, 0) is 39.9 Å². The van der Waals surface area contributed by atoms with Gasteiger partial charge in [0.1, 0.15) is 6.33 Å². The molecule has 0 saturated heterocycles. The summed E-state index contributed by atoms with van der Waals surface area (Å²) < 4.78 is 2.83. The zero-order valence-electron chi connectivity index (χ0n) is 10.6. The molecule has 0 unspecified atom stereocenters. The first-order valence-electron chi connectivity index (χ1n) is 5.67. The average Bonchev–Trinajstić information content (AvgIpc) is 2.95. The van der Waals surface area contributed by atoms with Crippen molar-refractivity contribution in [2.24, 2.45) is 7.05 Å². The number of nitrogens with zero attached hydrogens (tertiary/aromatic N) is 3. The molecule has 2 rings (SSSR count). The second-order valence-electron chi connectivity index (χ2n) is 4.11. The second kappa shape index (κ2) is 6.16. The Hall–Kier alpha value is -1.41. The Morgan fingerprint density at radius 3 is 3.00 bits per heavy atom. The smallest absolute Gasteiger partial charge is 0.315 e. The van der Waals surface area contributed by atoms with Gasteiger partial charge in [-0.2, -0.15) is 0 Å². The molecular weight excluding hydrogens is 330 g/mol. The van der Waals surface area contributed by atoms with Gasteiger partial charge in [-0.3, -0.25) is 0 Å². The van der Waals surface area contributed by atoms with E-state index in [0.717, 1.165) is 9.35 Å². The fraction of sp³-hybridized carbons (Fsp3) is 0.364. The minimum Gasteiger partial charge on any atom is -0.334 e. The van der Waals surface area contributed by atoms with Gasteiger partial charge in [-0.15, -0.1) is 21.5 Å². The molecule has 0 bridgehead atoms. The fourth-order valence-electron chi connectivity index (χ4n) is 1.62. The molecule has 2 heterocycles. The highest BCUT2D eigenvalue weighted by Crippen LogP contribution is 2.20. The van der Waals surface area contributed by atoms with E-state index in [9.17, 15) is 4.79 Å². The van der Waals surface area contributed by atoms with Crippen LogP contribution in [0.25, 0.3) is 0 Å². The molecule has 0 fully saturated rings. The summed E-state index contributed by atoms with van der Waals surface area (Å²) >= 11 is 4.98. The minimum atomic E-state index is -0.224. The fourth-order valence-corrected chi connectivity index (χ4v) is 2.83. The van der Waals surface area contributed by atoms with Crippen molar-refractivity contribution in [1.82, 2.24) is 25.4 Å². The van der Waals surface area contributed by atoms with E-state index in [2.05, 4.69) is 36.8 Å². The van der Waals surface area contributed by atoms with E-state index in [1.807, 2.05) is 25.4 Å². The van der Waals surface area contributed by atoms with Crippen molar-refractivity contribution in [3.63, 3.8) is 0 Å². The van der Waals surface area contributed by atoms with E-state index in [-0.39, 0.29) is 12.1 Å². The molecule has 8 heteroatoms. The predicted octanol–water partition coefficient (Wildman–Crippen LogP) is 2.20. The zero-order valence-corrected chi connectivity index (χ0v) is 13.0. The Labute approximate surface area is 123 Å². The number of urea groups is 1. The highest BCUT2D eigenvalue weighted by molar-refractivity contribution is 9.11. The van der Waals surface area contributed by atoms with Crippen molar-refractivity contribution in [2.75, 3.05) is 0 Å². The first-order valence-corrected chi connectivity index (χ1v) is 7.34. The third-order valence-corrected chi connectivity index (χ3v) is 4.11. The van der Waals surface area contributed by atoms with Gasteiger partial charge in [0.15, 0.2) is 5.82 Å². The molecule has 0 aliphatic carbocycles. The largest absolute Gasteiger partial charge is 0.334 e. The van der Waals surface area contributed by atoms with Crippen LogP contribution >= 0.6 is 27.3 Å². The van der Waals surface area contributed by atoms with E-state index in [1.54, 1.807) is 22.2 Å². The number of halogens is 1. The number of hydrogen-bond donors (Lipinski definition) is 2. The summed E-state index contributed by atoms with van der Waals surface area (Å²) in [5.74, 6) is 0.716. The van der Waals surface area contributed by atoms with Crippen LogP contribution in [0.3, 0.4) is 0 Å². The molecule has 0 spiro atoms. The van der Waals surface area contributed by atoms with Gasteiger partial charge in [-0.25, -0.2) is 4.79 Å². The number of amides is 2. The number of carbonyl (C=O) groups excluding carboxylic acids is 1. The first-order chi connectivity index (χ1) is 9.06. The van der Waals surface area contributed by atoms with Gasteiger partial charge in [0, 0.05) is 13.6 Å². The molecule has 1 atom stereocenters. The highest BCUT2D eigenvalue weighted by Gasteiger charge is 2.13. The van der Waals surface area contributed by atoms with Gasteiger partial charge in [0.2, 0.25) is 0 Å². The summed E-state index contributed by atoms with van der Waals surface area (Å²) in [6, 6.07) is 1.57. The number of aromatic nitrogens is 3. The summed E-state index contributed by atoms with van der Waals surface area (Å²) in [5, 5.41) is 15.4. The number of hydrogen-bond acceptors (Lipinski definition) is 4. The Morgan fingerprint density at radius 1 is 1.63 bits per heavy atom. The van der Waals surface area contributed by atoms with Crippen LogP contribution in [-0.4, -0.2) is 20.8 Å². The standard InChI is InChI=1S/C11H14BrN5OS/c1-7(10-16-14-6-17(10)2)15-11(18)13-4-8-3-9(12)19-5-8/h3,5-7H,4H2,1-2H3,(H2,13,15,18)/t7-/m0/s1. The summed E-state index contributed by atoms with van der Waals surface area (Å²) in [7, 11) is 1.84. The van der Waals surface area contributed by atoms with Crippen molar-refractivity contribution in [3.8, 4) is 0 Å². The van der Waals surface area contributed by atoms with E-state index in [1.165, 1.54) is 0 Å². The maximum Gasteiger partial charge on any atom is 0.315 e. The summed E-state index contributed by atoms with van der Waals surface area (Å²) in [6.45, 7) is 2.37. The number of nitrogens with one attached hydrogen (secondary N) is 2. The molecule has 0 radical (unpaired) electrons. The van der Waals surface area contributed by atoms with Crippen LogP contribution in [0.15, 0.2) is 21.6 Å². The molecule has 0 aliphatic rings. The third kappa shape index (κ3) is 3.77. The Morgan fingerprint density at radius 2 is 2.42 bits per heavy atom. The lowest BCUT2D eigenvalue weighted by molar-refractivity contribution is 0.237. The molecule has 19 heavy (non-hydrogen) atoms. The van der Waals surface area contributed by atoms with E-state index in [0.29, 0.717) is 12.4 Å². The molecular formula is C11H14BrN5OS. The van der Waals surface area contributed by atoms with Gasteiger partial charge < -0.3 is 15.2 Å². The zero-order chi connectivity index (χ0) is 13.8. The van der Waals surface area contributed by atoms with Gasteiger partial charge >= 0.3 is 6.03 Å². The molecule has 0 saturated carbocycles. The summed E-state index contributed by atoms with van der Waals surface area (Å²) in [4.78, 5) is 11.8. The van der Waals surface area contributed by atoms with Crippen LogP contribution in [0.2, 0.25) is 0 Å². The number of thiophene rings is 1. The Bertz CT molecular complexity index is 567. The SMILES string of the molecule is C[C@H](NC(=O)NCc1csc(Br)c1)c1nncn1C. The maximum absolute atomic E-state index is 11.8. The van der Waals surface area contributed by atoms with E-state index >= 15 is 0 Å². The normalized spacial score (nSPS) is 12.2. The predicted molar refractivity (Wildman–Crippen MR) is 76.8 cm³/mol. The van der Waals surface area contributed by atoms with E-state index in [4.69, 9.17) is 0 Å². The molecule has 0 aliphatic heterocycles. The molecule has 2 aromatic heterocycles. The van der Waals surface area contributed by atoms with Crippen molar-refractivity contribution < 1.29 is 4.79 Å². The summed E-state index contributed by atoms with van der Waals surface area (Å²) in [6.07, 6.45) is 1.61. The third-order valence-electron chi connectivity index (χ3n) is 2.56. The minimum absolute atomic E-state index is 0.193. The van der Waals surface area contributed by atoms with Crippen molar-refractivity contribution in [3.05, 3.63) is 32.9 Å². The number of aryl methyl sites for hydroxylation is 1. The maximum atomic E-state index is 11.8. The molecule has 6 nitrogen and oxygen atoms in total. The average molecular weight is 344 g/mol. The monoisotopic (exact) mass is 343 g/mol. The van der Waals surface area contributed by atoms with Crippen molar-refractivity contribution in [2.45, 2.75) is 19.5 Å². The van der Waals surface area contributed by atoms with Crippen molar-refractivity contribution in [1.29, 1.82) is 0 Å². The molecule has 2 amide bonds. The van der Waals surface area contributed by atoms with E-state index < -0.39 is 0 Å². The Balaban J connectivity index is 1.83. The summed E-state index contributed by atoms with van der Waals surface area (Å²) in [5.41, 5.74) is 1.07. The second-order valence-corrected chi connectivity index (χ2v) is 6.40. The van der Waals surface area contributed by atoms with Crippen LogP contribution < -0.4 is 10.6 Å². The van der Waals surface area contributed by atoms with Crippen LogP contribution in [0.4, 0.5) is 4.79 Å². The first kappa shape index (κ1) is 14.0.